The van der Waals surface area contributed by atoms with Gasteiger partial charge in [0.15, 0.2) is 0 Å². The Morgan fingerprint density at radius 2 is 1.83 bits per heavy atom. The summed E-state index contributed by atoms with van der Waals surface area (Å²) in [6.45, 7) is 1.54. The molecule has 1 aliphatic rings. The van der Waals surface area contributed by atoms with Crippen molar-refractivity contribution in [1.82, 2.24) is 9.88 Å². The first-order valence-electron chi connectivity index (χ1n) is 7.92. The summed E-state index contributed by atoms with van der Waals surface area (Å²) >= 11 is 6.13. The van der Waals surface area contributed by atoms with Crippen LogP contribution in [0, 0.1) is 0 Å². The summed E-state index contributed by atoms with van der Waals surface area (Å²) in [5.41, 5.74) is 7.32. The molecular weight excluding hydrogens is 326 g/mol. The molecule has 5 nitrogen and oxygen atoms in total. The van der Waals surface area contributed by atoms with E-state index in [2.05, 4.69) is 4.98 Å². The third-order valence-electron chi connectivity index (χ3n) is 4.19. The number of hydrogen-bond acceptors (Lipinski definition) is 3. The van der Waals surface area contributed by atoms with Crippen LogP contribution in [0.5, 0.6) is 0 Å². The Morgan fingerprint density at radius 1 is 1.08 bits per heavy atom. The van der Waals surface area contributed by atoms with E-state index in [1.54, 1.807) is 36.5 Å². The molecule has 0 atom stereocenters. The molecule has 0 spiro atoms. The first kappa shape index (κ1) is 16.5. The van der Waals surface area contributed by atoms with Crippen LogP contribution in [0.3, 0.4) is 0 Å². The van der Waals surface area contributed by atoms with Crippen molar-refractivity contribution >= 4 is 23.4 Å². The lowest BCUT2D eigenvalue weighted by atomic mass is 10.0. The summed E-state index contributed by atoms with van der Waals surface area (Å²) in [6, 6.07) is 8.41. The summed E-state index contributed by atoms with van der Waals surface area (Å²) in [5.74, 6) is -0.606. The molecule has 0 saturated carbocycles. The molecule has 124 valence electrons. The Kier molecular flexibility index (Phi) is 4.81. The molecule has 1 aromatic carbocycles. The Bertz CT molecular complexity index is 786. The average molecular weight is 344 g/mol. The van der Waals surface area contributed by atoms with Gasteiger partial charge in [-0.15, -0.1) is 0 Å². The number of nitrogens with zero attached hydrogens (tertiary/aromatic N) is 2. The van der Waals surface area contributed by atoms with Crippen LogP contribution < -0.4 is 5.73 Å². The standard InChI is InChI=1S/C18H18ClN3O2/c19-15-11-12(6-7-13(15)17(20)23)16-14(5-4-8-21-16)18(24)22-9-2-1-3-10-22/h4-8,11H,1-3,9-10H2,(H2,20,23). The molecule has 24 heavy (non-hydrogen) atoms. The van der Waals surface area contributed by atoms with Crippen LogP contribution >= 0.6 is 11.6 Å². The highest BCUT2D eigenvalue weighted by atomic mass is 35.5. The van der Waals surface area contributed by atoms with Gasteiger partial charge in [-0.2, -0.15) is 0 Å². The minimum absolute atomic E-state index is 0.0205. The molecule has 0 aliphatic carbocycles. The van der Waals surface area contributed by atoms with Crippen molar-refractivity contribution in [3.05, 3.63) is 52.7 Å². The molecule has 2 N–H and O–H groups in total. The second-order valence-electron chi connectivity index (χ2n) is 5.81. The van der Waals surface area contributed by atoms with Gasteiger partial charge < -0.3 is 10.6 Å². The van der Waals surface area contributed by atoms with Gasteiger partial charge in [-0.05, 0) is 43.5 Å². The largest absolute Gasteiger partial charge is 0.366 e. The molecule has 2 heterocycles. The van der Waals surface area contributed by atoms with Crippen LogP contribution in [0.25, 0.3) is 11.3 Å². The van der Waals surface area contributed by atoms with Crippen molar-refractivity contribution in [3.63, 3.8) is 0 Å². The van der Waals surface area contributed by atoms with Gasteiger partial charge in [0, 0.05) is 24.8 Å². The van der Waals surface area contributed by atoms with Gasteiger partial charge in [0.25, 0.3) is 5.91 Å². The Hall–Kier alpha value is -2.40. The van der Waals surface area contributed by atoms with E-state index in [1.807, 2.05) is 4.90 Å². The molecule has 0 bridgehead atoms. The first-order valence-corrected chi connectivity index (χ1v) is 8.30. The van der Waals surface area contributed by atoms with Crippen LogP contribution in [-0.4, -0.2) is 34.8 Å². The average Bonchev–Trinajstić information content (AvgIpc) is 2.61. The number of carbonyl (C=O) groups excluding carboxylic acids is 2. The number of carbonyl (C=O) groups is 2. The molecule has 0 radical (unpaired) electrons. The van der Waals surface area contributed by atoms with Gasteiger partial charge in [-0.1, -0.05) is 17.7 Å². The lowest BCUT2D eigenvalue weighted by molar-refractivity contribution is 0.0724. The normalized spacial score (nSPS) is 14.5. The van der Waals surface area contributed by atoms with E-state index in [9.17, 15) is 9.59 Å². The summed E-state index contributed by atoms with van der Waals surface area (Å²) in [7, 11) is 0. The zero-order chi connectivity index (χ0) is 17.1. The molecule has 1 saturated heterocycles. The predicted molar refractivity (Wildman–Crippen MR) is 93.0 cm³/mol. The molecule has 2 amide bonds. The van der Waals surface area contributed by atoms with E-state index in [1.165, 1.54) is 0 Å². The summed E-state index contributed by atoms with van der Waals surface area (Å²) in [5, 5.41) is 0.252. The summed E-state index contributed by atoms with van der Waals surface area (Å²) in [4.78, 5) is 30.4. The fourth-order valence-electron chi connectivity index (χ4n) is 2.94. The number of pyridine rings is 1. The smallest absolute Gasteiger partial charge is 0.256 e. The molecule has 1 aliphatic heterocycles. The van der Waals surface area contributed by atoms with Crippen molar-refractivity contribution in [2.24, 2.45) is 5.73 Å². The minimum atomic E-state index is -0.586. The van der Waals surface area contributed by atoms with Crippen molar-refractivity contribution in [2.45, 2.75) is 19.3 Å². The van der Waals surface area contributed by atoms with Crippen LogP contribution in [-0.2, 0) is 0 Å². The van der Waals surface area contributed by atoms with Crippen LogP contribution in [0.1, 0.15) is 40.0 Å². The molecule has 3 rings (SSSR count). The molecule has 1 aromatic heterocycles. The Labute approximate surface area is 145 Å². The molecule has 2 aromatic rings. The number of piperidine rings is 1. The van der Waals surface area contributed by atoms with Crippen LogP contribution in [0.15, 0.2) is 36.5 Å². The summed E-state index contributed by atoms with van der Waals surface area (Å²) < 4.78 is 0. The summed E-state index contributed by atoms with van der Waals surface area (Å²) in [6.07, 6.45) is 4.85. The zero-order valence-corrected chi connectivity index (χ0v) is 13.9. The van der Waals surface area contributed by atoms with Crippen LogP contribution in [0.4, 0.5) is 0 Å². The maximum absolute atomic E-state index is 12.8. The van der Waals surface area contributed by atoms with Crippen molar-refractivity contribution in [3.8, 4) is 11.3 Å². The maximum Gasteiger partial charge on any atom is 0.256 e. The van der Waals surface area contributed by atoms with Gasteiger partial charge in [0.1, 0.15) is 0 Å². The van der Waals surface area contributed by atoms with Gasteiger partial charge in [-0.25, -0.2) is 0 Å². The highest BCUT2D eigenvalue weighted by molar-refractivity contribution is 6.34. The first-order chi connectivity index (χ1) is 11.6. The number of benzene rings is 1. The van der Waals surface area contributed by atoms with Crippen molar-refractivity contribution < 1.29 is 9.59 Å². The third-order valence-corrected chi connectivity index (χ3v) is 4.50. The SMILES string of the molecule is NC(=O)c1ccc(-c2ncccc2C(=O)N2CCCCC2)cc1Cl. The second-order valence-corrected chi connectivity index (χ2v) is 6.22. The third kappa shape index (κ3) is 3.26. The number of nitrogens with two attached hydrogens (primary N) is 1. The van der Waals surface area contributed by atoms with Gasteiger partial charge in [-0.3, -0.25) is 14.6 Å². The Morgan fingerprint density at radius 3 is 2.50 bits per heavy atom. The quantitative estimate of drug-likeness (QED) is 0.930. The lowest BCUT2D eigenvalue weighted by Crippen LogP contribution is -2.35. The topological polar surface area (TPSA) is 76.3 Å². The van der Waals surface area contributed by atoms with E-state index >= 15 is 0 Å². The number of primary amides is 1. The number of rotatable bonds is 3. The number of amides is 2. The second kappa shape index (κ2) is 7.01. The Balaban J connectivity index is 1.99. The molecular formula is C18H18ClN3O2. The van der Waals surface area contributed by atoms with Gasteiger partial charge >= 0.3 is 0 Å². The molecule has 6 heteroatoms. The highest BCUT2D eigenvalue weighted by Crippen LogP contribution is 2.27. The minimum Gasteiger partial charge on any atom is -0.366 e. The molecule has 0 unspecified atom stereocenters. The van der Waals surface area contributed by atoms with Crippen molar-refractivity contribution in [2.75, 3.05) is 13.1 Å². The zero-order valence-electron chi connectivity index (χ0n) is 13.2. The number of hydrogen-bond donors (Lipinski definition) is 1. The van der Waals surface area contributed by atoms with Gasteiger partial charge in [0.05, 0.1) is 21.8 Å². The maximum atomic E-state index is 12.8. The lowest BCUT2D eigenvalue weighted by Gasteiger charge is -2.27. The van der Waals surface area contributed by atoms with E-state index in [4.69, 9.17) is 17.3 Å². The van der Waals surface area contributed by atoms with E-state index in [0.717, 1.165) is 32.4 Å². The predicted octanol–water partition coefficient (Wildman–Crippen LogP) is 3.13. The highest BCUT2D eigenvalue weighted by Gasteiger charge is 2.22. The van der Waals surface area contributed by atoms with Crippen LogP contribution in [0.2, 0.25) is 5.02 Å². The van der Waals surface area contributed by atoms with Crippen molar-refractivity contribution in [1.29, 1.82) is 0 Å². The van der Waals surface area contributed by atoms with E-state index in [0.29, 0.717) is 16.8 Å². The number of halogens is 1. The van der Waals surface area contributed by atoms with E-state index < -0.39 is 5.91 Å². The monoisotopic (exact) mass is 343 g/mol. The fourth-order valence-corrected chi connectivity index (χ4v) is 3.21. The number of likely N-dealkylation sites (tertiary alicyclic amines) is 1. The van der Waals surface area contributed by atoms with Gasteiger partial charge in [0.2, 0.25) is 5.91 Å². The fraction of sp³-hybridized carbons (Fsp3) is 0.278. The molecule has 1 fully saturated rings. The number of aromatic nitrogens is 1. The van der Waals surface area contributed by atoms with E-state index in [-0.39, 0.29) is 16.5 Å².